The highest BCUT2D eigenvalue weighted by atomic mass is 32.1. The molecule has 1 atom stereocenters. The topological polar surface area (TPSA) is 94.8 Å². The highest BCUT2D eigenvalue weighted by Gasteiger charge is 2.30. The number of hydrogen-bond donors (Lipinski definition) is 0. The van der Waals surface area contributed by atoms with Gasteiger partial charge in [-0.3, -0.25) is 9.59 Å². The molecule has 1 aromatic carbocycles. The molecular formula is C21H21N3O5S. The molecule has 0 N–H and O–H groups in total. The molecule has 1 aliphatic heterocycles. The molecule has 1 aliphatic rings. The fourth-order valence-electron chi connectivity index (χ4n) is 3.10. The van der Waals surface area contributed by atoms with Crippen LogP contribution in [0.4, 0.5) is 0 Å². The molecule has 0 spiro atoms. The number of carbonyl (C=O) groups is 2. The third kappa shape index (κ3) is 4.92. The summed E-state index contributed by atoms with van der Waals surface area (Å²) in [5, 5.41) is 7.78. The Bertz CT molecular complexity index is 968. The third-order valence-corrected chi connectivity index (χ3v) is 5.37. The minimum absolute atomic E-state index is 0.0327. The normalized spacial score (nSPS) is 15.0. The van der Waals surface area contributed by atoms with Gasteiger partial charge in [0, 0.05) is 36.0 Å². The van der Waals surface area contributed by atoms with Crippen molar-refractivity contribution in [2.75, 3.05) is 26.3 Å². The molecule has 3 aromatic rings. The zero-order valence-corrected chi connectivity index (χ0v) is 17.0. The zero-order valence-electron chi connectivity index (χ0n) is 16.2. The maximum atomic E-state index is 13.0. The van der Waals surface area contributed by atoms with Crippen LogP contribution in [-0.2, 0) is 25.5 Å². The molecule has 156 valence electrons. The van der Waals surface area contributed by atoms with Crippen molar-refractivity contribution >= 4 is 23.2 Å². The van der Waals surface area contributed by atoms with Gasteiger partial charge in [0.2, 0.25) is 17.8 Å². The van der Waals surface area contributed by atoms with E-state index in [1.54, 1.807) is 28.4 Å². The number of benzene rings is 1. The lowest BCUT2D eigenvalue weighted by Gasteiger charge is -2.30. The zero-order chi connectivity index (χ0) is 20.8. The van der Waals surface area contributed by atoms with Crippen LogP contribution in [0, 0.1) is 0 Å². The van der Waals surface area contributed by atoms with Gasteiger partial charge in [0.1, 0.15) is 0 Å². The lowest BCUT2D eigenvalue weighted by atomic mass is 10.1. The molecule has 4 rings (SSSR count). The summed E-state index contributed by atoms with van der Waals surface area (Å²) >= 11 is 1.54. The first-order chi connectivity index (χ1) is 14.7. The van der Waals surface area contributed by atoms with E-state index in [9.17, 15) is 9.59 Å². The summed E-state index contributed by atoms with van der Waals surface area (Å²) < 4.78 is 16.1. The smallest absolute Gasteiger partial charge is 0.307 e. The van der Waals surface area contributed by atoms with E-state index in [4.69, 9.17) is 14.0 Å². The molecular weight excluding hydrogens is 406 g/mol. The summed E-state index contributed by atoms with van der Waals surface area (Å²) in [6.07, 6.45) is -0.713. The maximum absolute atomic E-state index is 13.0. The summed E-state index contributed by atoms with van der Waals surface area (Å²) in [6, 6.07) is 10.9. The third-order valence-electron chi connectivity index (χ3n) is 4.69. The molecule has 0 saturated carbocycles. The molecule has 9 heteroatoms. The number of hydrogen-bond acceptors (Lipinski definition) is 8. The second-order valence-electron chi connectivity index (χ2n) is 6.74. The molecule has 30 heavy (non-hydrogen) atoms. The average molecular weight is 427 g/mol. The number of morpholine rings is 1. The second kappa shape index (κ2) is 9.64. The molecule has 8 nitrogen and oxygen atoms in total. The molecule has 1 amide bonds. The molecule has 1 saturated heterocycles. The number of ether oxygens (including phenoxy) is 2. The van der Waals surface area contributed by atoms with E-state index < -0.39 is 12.1 Å². The summed E-state index contributed by atoms with van der Waals surface area (Å²) in [6.45, 7) is 1.91. The second-order valence-corrected chi connectivity index (χ2v) is 7.52. The summed E-state index contributed by atoms with van der Waals surface area (Å²) in [5.74, 6) is 0.101. The van der Waals surface area contributed by atoms with Gasteiger partial charge in [0.25, 0.3) is 5.91 Å². The van der Waals surface area contributed by atoms with Gasteiger partial charge in [-0.15, -0.1) is 0 Å². The number of carbonyl (C=O) groups excluding carboxylic acids is 2. The predicted octanol–water partition coefficient (Wildman–Crippen LogP) is 2.87. The van der Waals surface area contributed by atoms with Crippen molar-refractivity contribution < 1.29 is 23.6 Å². The number of nitrogens with zero attached hydrogens (tertiary/aromatic N) is 3. The van der Waals surface area contributed by atoms with Crippen LogP contribution < -0.4 is 0 Å². The quantitative estimate of drug-likeness (QED) is 0.535. The van der Waals surface area contributed by atoms with E-state index in [2.05, 4.69) is 10.1 Å². The standard InChI is InChI=1S/C21H21N3O5S/c25-18(7-6-17-22-20(23-29-17)16-8-13-30-14-16)28-19(15-4-2-1-3-5-15)21(26)24-9-11-27-12-10-24/h1-5,8,13-14,19H,6-7,9-12H2/t19-/m1/s1. The Kier molecular flexibility index (Phi) is 6.50. The fourth-order valence-corrected chi connectivity index (χ4v) is 3.74. The molecule has 0 unspecified atom stereocenters. The van der Waals surface area contributed by atoms with E-state index in [1.165, 1.54) is 0 Å². The SMILES string of the molecule is O=C(CCc1nc(-c2ccsc2)no1)O[C@@H](C(=O)N1CCOCC1)c1ccccc1. The first-order valence-corrected chi connectivity index (χ1v) is 10.6. The minimum Gasteiger partial charge on any atom is -0.447 e. The lowest BCUT2D eigenvalue weighted by Crippen LogP contribution is -2.44. The van der Waals surface area contributed by atoms with Gasteiger partial charge in [-0.25, -0.2) is 0 Å². The van der Waals surface area contributed by atoms with Crippen molar-refractivity contribution in [2.45, 2.75) is 18.9 Å². The van der Waals surface area contributed by atoms with E-state index in [0.717, 1.165) is 5.56 Å². The Hall–Kier alpha value is -3.04. The molecule has 0 bridgehead atoms. The van der Waals surface area contributed by atoms with Crippen molar-refractivity contribution in [3.8, 4) is 11.4 Å². The Morgan fingerprint density at radius 3 is 2.70 bits per heavy atom. The number of thiophene rings is 1. The highest BCUT2D eigenvalue weighted by Crippen LogP contribution is 2.23. The van der Waals surface area contributed by atoms with Crippen LogP contribution in [0.3, 0.4) is 0 Å². The van der Waals surface area contributed by atoms with Crippen LogP contribution in [0.1, 0.15) is 24.0 Å². The lowest BCUT2D eigenvalue weighted by molar-refractivity contribution is -0.162. The van der Waals surface area contributed by atoms with Gasteiger partial charge in [0.05, 0.1) is 19.6 Å². The van der Waals surface area contributed by atoms with Crippen LogP contribution in [0.25, 0.3) is 11.4 Å². The van der Waals surface area contributed by atoms with Crippen LogP contribution >= 0.6 is 11.3 Å². The molecule has 1 fully saturated rings. The number of aryl methyl sites for hydroxylation is 1. The molecule has 0 aliphatic carbocycles. The molecule has 2 aromatic heterocycles. The van der Waals surface area contributed by atoms with Gasteiger partial charge >= 0.3 is 5.97 Å². The number of amides is 1. The first-order valence-electron chi connectivity index (χ1n) is 9.67. The Morgan fingerprint density at radius 1 is 1.17 bits per heavy atom. The highest BCUT2D eigenvalue weighted by molar-refractivity contribution is 7.08. The van der Waals surface area contributed by atoms with Crippen molar-refractivity contribution in [2.24, 2.45) is 0 Å². The minimum atomic E-state index is -0.985. The van der Waals surface area contributed by atoms with Crippen molar-refractivity contribution in [1.29, 1.82) is 0 Å². The first kappa shape index (κ1) is 20.2. The predicted molar refractivity (Wildman–Crippen MR) is 109 cm³/mol. The Morgan fingerprint density at radius 2 is 1.97 bits per heavy atom. The van der Waals surface area contributed by atoms with Gasteiger partial charge in [-0.2, -0.15) is 16.3 Å². The molecule has 3 heterocycles. The Labute approximate surface area is 177 Å². The van der Waals surface area contributed by atoms with Crippen LogP contribution in [0.2, 0.25) is 0 Å². The van der Waals surface area contributed by atoms with E-state index in [1.807, 2.05) is 35.0 Å². The van der Waals surface area contributed by atoms with Crippen molar-refractivity contribution in [3.05, 3.63) is 58.6 Å². The number of esters is 1. The van der Waals surface area contributed by atoms with Crippen LogP contribution in [0.15, 0.2) is 51.7 Å². The van der Waals surface area contributed by atoms with Crippen molar-refractivity contribution in [1.82, 2.24) is 15.0 Å². The van der Waals surface area contributed by atoms with Gasteiger partial charge in [-0.05, 0) is 11.4 Å². The monoisotopic (exact) mass is 427 g/mol. The number of aromatic nitrogens is 2. The Balaban J connectivity index is 1.39. The average Bonchev–Trinajstić information content (AvgIpc) is 3.49. The summed E-state index contributed by atoms with van der Waals surface area (Å²) in [7, 11) is 0. The largest absolute Gasteiger partial charge is 0.447 e. The summed E-state index contributed by atoms with van der Waals surface area (Å²) in [5.41, 5.74) is 1.51. The van der Waals surface area contributed by atoms with Gasteiger partial charge < -0.3 is 18.9 Å². The molecule has 0 radical (unpaired) electrons. The van der Waals surface area contributed by atoms with Crippen LogP contribution in [-0.4, -0.2) is 53.2 Å². The van der Waals surface area contributed by atoms with E-state index in [0.29, 0.717) is 43.6 Å². The maximum Gasteiger partial charge on any atom is 0.307 e. The van der Waals surface area contributed by atoms with Crippen molar-refractivity contribution in [3.63, 3.8) is 0 Å². The van der Waals surface area contributed by atoms with Gasteiger partial charge in [-0.1, -0.05) is 35.5 Å². The number of rotatable bonds is 7. The fraction of sp³-hybridized carbons (Fsp3) is 0.333. The van der Waals surface area contributed by atoms with Crippen LogP contribution in [0.5, 0.6) is 0 Å². The summed E-state index contributed by atoms with van der Waals surface area (Å²) in [4.78, 5) is 31.5. The van der Waals surface area contributed by atoms with E-state index in [-0.39, 0.29) is 18.7 Å². The van der Waals surface area contributed by atoms with E-state index >= 15 is 0 Å². The van der Waals surface area contributed by atoms with Gasteiger partial charge in [0.15, 0.2) is 0 Å².